The van der Waals surface area contributed by atoms with Gasteiger partial charge in [0.25, 0.3) is 5.91 Å². The van der Waals surface area contributed by atoms with Crippen molar-refractivity contribution in [2.75, 3.05) is 18.0 Å². The molecule has 1 N–H and O–H groups in total. The smallest absolute Gasteiger partial charge is 0.409 e. The van der Waals surface area contributed by atoms with Crippen LogP contribution in [0.15, 0.2) is 12.1 Å². The molecule has 0 atom stereocenters. The zero-order valence-electron chi connectivity index (χ0n) is 11.9. The topological polar surface area (TPSA) is 58.6 Å². The van der Waals surface area contributed by atoms with E-state index >= 15 is 0 Å². The molecular weight excluding hydrogens is 351 g/mol. The number of benzene rings is 1. The second kappa shape index (κ2) is 7.40. The van der Waals surface area contributed by atoms with Crippen LogP contribution >= 0.6 is 34.8 Å². The van der Waals surface area contributed by atoms with Crippen LogP contribution in [0.1, 0.15) is 18.9 Å². The van der Waals surface area contributed by atoms with E-state index in [9.17, 15) is 9.59 Å². The Bertz CT molecular complexity index is 593. The Morgan fingerprint density at radius 3 is 2.77 bits per heavy atom. The van der Waals surface area contributed by atoms with Crippen LogP contribution in [0.4, 0.5) is 10.5 Å². The van der Waals surface area contributed by atoms with Crippen LogP contribution in [0.2, 0.25) is 5.02 Å². The minimum absolute atomic E-state index is 0.258. The quantitative estimate of drug-likeness (QED) is 0.834. The number of anilines is 1. The fourth-order valence-electron chi connectivity index (χ4n) is 2.32. The minimum Gasteiger partial charge on any atom is -0.409 e. The monoisotopic (exact) mass is 364 g/mol. The molecule has 0 aromatic heterocycles. The maximum Gasteiger partial charge on any atom is 0.412 e. The molecule has 0 saturated carbocycles. The molecule has 1 aliphatic heterocycles. The highest BCUT2D eigenvalue weighted by atomic mass is 35.5. The standard InChI is InChI=1S/C14H15Cl3N2O3/c1-2-18-14(21)22-10-6-5-9-8(11(10)15)4-3-7-19(9)13(20)12(16)17/h5-6,12H,2-4,7H2,1H3,(H,18,21). The van der Waals surface area contributed by atoms with Crippen molar-refractivity contribution in [3.8, 4) is 5.75 Å². The van der Waals surface area contributed by atoms with Crippen molar-refractivity contribution in [3.05, 3.63) is 22.7 Å². The number of carbonyl (C=O) groups excluding carboxylic acids is 2. The fraction of sp³-hybridized carbons (Fsp3) is 0.429. The molecule has 1 aromatic rings. The van der Waals surface area contributed by atoms with Crippen LogP contribution in [0.3, 0.4) is 0 Å². The predicted octanol–water partition coefficient (Wildman–Crippen LogP) is 3.53. The molecule has 0 aliphatic carbocycles. The van der Waals surface area contributed by atoms with Crippen molar-refractivity contribution in [1.82, 2.24) is 5.32 Å². The number of hydrogen-bond acceptors (Lipinski definition) is 3. The Kier molecular flexibility index (Phi) is 5.78. The van der Waals surface area contributed by atoms with Gasteiger partial charge in [-0.25, -0.2) is 4.79 Å². The van der Waals surface area contributed by atoms with E-state index in [1.165, 1.54) is 4.90 Å². The molecule has 5 nitrogen and oxygen atoms in total. The molecule has 0 spiro atoms. The number of carbonyl (C=O) groups is 2. The van der Waals surface area contributed by atoms with E-state index in [0.29, 0.717) is 30.2 Å². The zero-order valence-corrected chi connectivity index (χ0v) is 14.1. The minimum atomic E-state index is -1.13. The highest BCUT2D eigenvalue weighted by Crippen LogP contribution is 2.39. The molecule has 0 unspecified atom stereocenters. The predicted molar refractivity (Wildman–Crippen MR) is 87.3 cm³/mol. The van der Waals surface area contributed by atoms with Crippen LogP contribution in [-0.2, 0) is 11.2 Å². The lowest BCUT2D eigenvalue weighted by atomic mass is 10.0. The molecule has 0 saturated heterocycles. The van der Waals surface area contributed by atoms with Crippen LogP contribution in [0, 0.1) is 0 Å². The zero-order chi connectivity index (χ0) is 16.3. The van der Waals surface area contributed by atoms with Crippen molar-refractivity contribution in [2.45, 2.75) is 24.6 Å². The van der Waals surface area contributed by atoms with Crippen LogP contribution in [-0.4, -0.2) is 29.9 Å². The van der Waals surface area contributed by atoms with Gasteiger partial charge < -0.3 is 15.0 Å². The number of rotatable bonds is 3. The van der Waals surface area contributed by atoms with Crippen LogP contribution in [0.25, 0.3) is 0 Å². The highest BCUT2D eigenvalue weighted by molar-refractivity contribution is 6.54. The van der Waals surface area contributed by atoms with E-state index in [0.717, 1.165) is 12.0 Å². The van der Waals surface area contributed by atoms with Gasteiger partial charge in [0.2, 0.25) is 0 Å². The number of nitrogens with one attached hydrogen (secondary N) is 1. The lowest BCUT2D eigenvalue weighted by Gasteiger charge is -2.30. The third kappa shape index (κ3) is 3.59. The van der Waals surface area contributed by atoms with Gasteiger partial charge in [0.1, 0.15) is 0 Å². The van der Waals surface area contributed by atoms with Gasteiger partial charge in [0.15, 0.2) is 10.6 Å². The molecule has 0 radical (unpaired) electrons. The maximum atomic E-state index is 12.0. The molecular formula is C14H15Cl3N2O3. The average Bonchev–Trinajstić information content (AvgIpc) is 2.49. The van der Waals surface area contributed by atoms with E-state index in [4.69, 9.17) is 39.5 Å². The number of ether oxygens (including phenoxy) is 1. The summed E-state index contributed by atoms with van der Waals surface area (Å²) in [6.45, 7) is 2.76. The normalized spacial score (nSPS) is 13.8. The number of nitrogens with zero attached hydrogens (tertiary/aromatic N) is 1. The molecule has 1 aliphatic rings. The molecule has 1 aromatic carbocycles. The first kappa shape index (κ1) is 17.2. The summed E-state index contributed by atoms with van der Waals surface area (Å²) in [7, 11) is 0. The van der Waals surface area contributed by atoms with Gasteiger partial charge in [0, 0.05) is 18.8 Å². The lowest BCUT2D eigenvalue weighted by Crippen LogP contribution is -2.38. The molecule has 2 amide bonds. The van der Waals surface area contributed by atoms with E-state index in [1.54, 1.807) is 19.1 Å². The average molecular weight is 366 g/mol. The fourth-order valence-corrected chi connectivity index (χ4v) is 2.85. The summed E-state index contributed by atoms with van der Waals surface area (Å²) in [5, 5.41) is 2.85. The molecule has 0 fully saturated rings. The third-order valence-corrected chi connectivity index (χ3v) is 4.05. The molecule has 2 rings (SSSR count). The second-order valence-corrected chi connectivity index (χ2v) is 6.16. The third-order valence-electron chi connectivity index (χ3n) is 3.26. The largest absolute Gasteiger partial charge is 0.412 e. The van der Waals surface area contributed by atoms with Crippen molar-refractivity contribution in [3.63, 3.8) is 0 Å². The number of alkyl halides is 2. The summed E-state index contributed by atoms with van der Waals surface area (Å²) in [6.07, 6.45) is 0.832. The van der Waals surface area contributed by atoms with Gasteiger partial charge in [-0.15, -0.1) is 0 Å². The van der Waals surface area contributed by atoms with Gasteiger partial charge in [0.05, 0.1) is 5.02 Å². The van der Waals surface area contributed by atoms with E-state index in [1.807, 2.05) is 0 Å². The number of fused-ring (bicyclic) bond motifs is 1. The van der Waals surface area contributed by atoms with Crippen molar-refractivity contribution in [1.29, 1.82) is 0 Å². The van der Waals surface area contributed by atoms with Gasteiger partial charge >= 0.3 is 6.09 Å². The molecule has 120 valence electrons. The summed E-state index contributed by atoms with van der Waals surface area (Å²) in [5.74, 6) is -0.133. The molecule has 8 heteroatoms. The van der Waals surface area contributed by atoms with Gasteiger partial charge in [-0.05, 0) is 37.5 Å². The summed E-state index contributed by atoms with van der Waals surface area (Å²) < 4.78 is 5.16. The number of halogens is 3. The van der Waals surface area contributed by atoms with E-state index in [-0.39, 0.29) is 5.75 Å². The Labute approximate surface area is 143 Å². The SMILES string of the molecule is CCNC(=O)Oc1ccc2c(c1Cl)CCCN2C(=O)C(Cl)Cl. The Morgan fingerprint density at radius 1 is 1.41 bits per heavy atom. The summed E-state index contributed by atoms with van der Waals surface area (Å²) in [6, 6.07) is 3.24. The molecule has 1 heterocycles. The van der Waals surface area contributed by atoms with Crippen LogP contribution < -0.4 is 15.0 Å². The van der Waals surface area contributed by atoms with E-state index < -0.39 is 16.8 Å². The maximum absolute atomic E-state index is 12.0. The Hall–Kier alpha value is -1.17. The lowest BCUT2D eigenvalue weighted by molar-refractivity contribution is -0.117. The first-order valence-corrected chi connectivity index (χ1v) is 8.07. The highest BCUT2D eigenvalue weighted by Gasteiger charge is 2.28. The van der Waals surface area contributed by atoms with Gasteiger partial charge in [-0.3, -0.25) is 4.79 Å². The van der Waals surface area contributed by atoms with Crippen molar-refractivity contribution >= 4 is 52.5 Å². The Balaban J connectivity index is 2.32. The molecule has 0 bridgehead atoms. The first-order valence-electron chi connectivity index (χ1n) is 6.82. The Morgan fingerprint density at radius 2 is 2.14 bits per heavy atom. The summed E-state index contributed by atoms with van der Waals surface area (Å²) in [4.78, 5) is 23.9. The number of amides is 2. The molecule has 22 heavy (non-hydrogen) atoms. The van der Waals surface area contributed by atoms with Gasteiger partial charge in [-0.2, -0.15) is 0 Å². The second-order valence-electron chi connectivity index (χ2n) is 4.69. The van der Waals surface area contributed by atoms with Crippen molar-refractivity contribution < 1.29 is 14.3 Å². The number of hydrogen-bond donors (Lipinski definition) is 1. The first-order chi connectivity index (χ1) is 10.5. The summed E-state index contributed by atoms with van der Waals surface area (Å²) in [5.41, 5.74) is 1.40. The van der Waals surface area contributed by atoms with E-state index in [2.05, 4.69) is 5.32 Å². The van der Waals surface area contributed by atoms with Crippen molar-refractivity contribution in [2.24, 2.45) is 0 Å². The van der Waals surface area contributed by atoms with Crippen LogP contribution in [0.5, 0.6) is 5.75 Å². The summed E-state index contributed by atoms with van der Waals surface area (Å²) >= 11 is 17.6. The van der Waals surface area contributed by atoms with Gasteiger partial charge in [-0.1, -0.05) is 34.8 Å².